The Hall–Kier alpha value is -3.13. The van der Waals surface area contributed by atoms with Gasteiger partial charge in [-0.05, 0) is 29.8 Å². The number of anilines is 1. The van der Waals surface area contributed by atoms with Gasteiger partial charge in [0.15, 0.2) is 11.5 Å². The average molecular weight is 291 g/mol. The van der Waals surface area contributed by atoms with E-state index >= 15 is 0 Å². The van der Waals surface area contributed by atoms with Crippen LogP contribution >= 0.6 is 0 Å². The van der Waals surface area contributed by atoms with E-state index in [1.807, 2.05) is 12.1 Å². The lowest BCUT2D eigenvalue weighted by atomic mass is 10.1. The number of nitrogens with zero attached hydrogens (tertiary/aromatic N) is 2. The highest BCUT2D eigenvalue weighted by Crippen LogP contribution is 2.18. The number of benzene rings is 2. The number of nitriles is 1. The number of aryl methyl sites for hydroxylation is 1. The van der Waals surface area contributed by atoms with Gasteiger partial charge in [-0.25, -0.2) is 4.98 Å². The van der Waals surface area contributed by atoms with Gasteiger partial charge < -0.3 is 9.73 Å². The largest absolute Gasteiger partial charge is 0.441 e. The van der Waals surface area contributed by atoms with Crippen LogP contribution in [0.2, 0.25) is 0 Å². The van der Waals surface area contributed by atoms with E-state index in [1.165, 1.54) is 0 Å². The van der Waals surface area contributed by atoms with Crippen LogP contribution in [0.5, 0.6) is 0 Å². The van der Waals surface area contributed by atoms with Crippen molar-refractivity contribution in [1.29, 1.82) is 5.26 Å². The molecule has 0 saturated carbocycles. The summed E-state index contributed by atoms with van der Waals surface area (Å²) in [5, 5.41) is 11.8. The highest BCUT2D eigenvalue weighted by atomic mass is 16.3. The molecule has 0 saturated heterocycles. The summed E-state index contributed by atoms with van der Waals surface area (Å²) in [6.07, 6.45) is 0.210. The Balaban J connectivity index is 1.76. The molecule has 3 aromatic rings. The number of oxazole rings is 1. The Morgan fingerprint density at radius 1 is 1.32 bits per heavy atom. The van der Waals surface area contributed by atoms with Gasteiger partial charge in [0.05, 0.1) is 17.7 Å². The van der Waals surface area contributed by atoms with Crippen LogP contribution in [0.25, 0.3) is 11.1 Å². The Morgan fingerprint density at radius 3 is 2.95 bits per heavy atom. The van der Waals surface area contributed by atoms with Crippen molar-refractivity contribution in [2.45, 2.75) is 13.3 Å². The topological polar surface area (TPSA) is 78.9 Å². The van der Waals surface area contributed by atoms with Crippen LogP contribution in [0.3, 0.4) is 0 Å². The van der Waals surface area contributed by atoms with Crippen LogP contribution in [0.15, 0.2) is 46.9 Å². The molecule has 0 atom stereocenters. The fourth-order valence-corrected chi connectivity index (χ4v) is 2.27. The number of para-hydroxylation sites is 1. The van der Waals surface area contributed by atoms with Crippen molar-refractivity contribution in [3.63, 3.8) is 0 Å². The van der Waals surface area contributed by atoms with E-state index in [0.717, 1.165) is 11.1 Å². The first kappa shape index (κ1) is 13.8. The van der Waals surface area contributed by atoms with Gasteiger partial charge in [0.1, 0.15) is 11.6 Å². The molecule has 108 valence electrons. The van der Waals surface area contributed by atoms with Crippen molar-refractivity contribution in [2.75, 3.05) is 5.32 Å². The molecule has 0 bridgehead atoms. The molecule has 0 aliphatic carbocycles. The van der Waals surface area contributed by atoms with Gasteiger partial charge in [0, 0.05) is 6.92 Å². The third kappa shape index (κ3) is 2.81. The Bertz CT molecular complexity index is 890. The third-order valence-electron chi connectivity index (χ3n) is 3.25. The summed E-state index contributed by atoms with van der Waals surface area (Å²) in [4.78, 5) is 16.4. The van der Waals surface area contributed by atoms with Crippen molar-refractivity contribution in [1.82, 2.24) is 4.98 Å². The molecule has 0 spiro atoms. The molecular formula is C17H13N3O2. The first-order chi connectivity index (χ1) is 10.7. The van der Waals surface area contributed by atoms with Crippen LogP contribution in [0.1, 0.15) is 17.0 Å². The van der Waals surface area contributed by atoms with Crippen molar-refractivity contribution in [2.24, 2.45) is 0 Å². The van der Waals surface area contributed by atoms with Crippen LogP contribution in [-0.2, 0) is 11.2 Å². The van der Waals surface area contributed by atoms with E-state index in [0.29, 0.717) is 22.7 Å². The zero-order valence-corrected chi connectivity index (χ0v) is 12.0. The van der Waals surface area contributed by atoms with Gasteiger partial charge in [-0.3, -0.25) is 4.79 Å². The second-order valence-corrected chi connectivity index (χ2v) is 4.92. The molecule has 5 heteroatoms. The number of fused-ring (bicyclic) bond motifs is 1. The molecule has 1 N–H and O–H groups in total. The predicted molar refractivity (Wildman–Crippen MR) is 82.2 cm³/mol. The highest BCUT2D eigenvalue weighted by molar-refractivity contribution is 5.94. The summed E-state index contributed by atoms with van der Waals surface area (Å²) in [6.45, 7) is 1.78. The lowest BCUT2D eigenvalue weighted by Crippen LogP contribution is -2.15. The van der Waals surface area contributed by atoms with Gasteiger partial charge in [-0.15, -0.1) is 0 Å². The SMILES string of the molecule is Cc1nc2cc(CC(=O)Nc3ccccc3C#N)ccc2o1. The number of nitrogens with one attached hydrogen (secondary N) is 1. The van der Waals surface area contributed by atoms with Gasteiger partial charge in [0.25, 0.3) is 0 Å². The van der Waals surface area contributed by atoms with Gasteiger partial charge in [-0.2, -0.15) is 5.26 Å². The fraction of sp³-hybridized carbons (Fsp3) is 0.118. The normalized spacial score (nSPS) is 10.4. The van der Waals surface area contributed by atoms with E-state index < -0.39 is 0 Å². The maximum Gasteiger partial charge on any atom is 0.228 e. The van der Waals surface area contributed by atoms with Crippen molar-refractivity contribution >= 4 is 22.7 Å². The van der Waals surface area contributed by atoms with Crippen LogP contribution in [0, 0.1) is 18.3 Å². The number of amides is 1. The van der Waals surface area contributed by atoms with Gasteiger partial charge in [-0.1, -0.05) is 18.2 Å². The maximum atomic E-state index is 12.1. The number of aromatic nitrogens is 1. The molecule has 0 aliphatic heterocycles. The van der Waals surface area contributed by atoms with E-state index in [4.69, 9.17) is 9.68 Å². The average Bonchev–Trinajstić information content (AvgIpc) is 2.87. The number of carbonyl (C=O) groups is 1. The standard InChI is InChI=1S/C17H13N3O2/c1-11-19-15-8-12(6-7-16(15)22-11)9-17(21)20-14-5-3-2-4-13(14)10-18/h2-8H,9H2,1H3,(H,20,21). The fourth-order valence-electron chi connectivity index (χ4n) is 2.27. The molecule has 3 rings (SSSR count). The summed E-state index contributed by atoms with van der Waals surface area (Å²) < 4.78 is 5.41. The molecule has 2 aromatic carbocycles. The first-order valence-corrected chi connectivity index (χ1v) is 6.81. The van der Waals surface area contributed by atoms with Crippen LogP contribution in [-0.4, -0.2) is 10.9 Å². The first-order valence-electron chi connectivity index (χ1n) is 6.81. The van der Waals surface area contributed by atoms with Crippen LogP contribution in [0.4, 0.5) is 5.69 Å². The minimum absolute atomic E-state index is 0.178. The molecule has 1 aromatic heterocycles. The van der Waals surface area contributed by atoms with Crippen molar-refractivity contribution in [3.05, 3.63) is 59.5 Å². The van der Waals surface area contributed by atoms with Crippen molar-refractivity contribution < 1.29 is 9.21 Å². The van der Waals surface area contributed by atoms with Gasteiger partial charge >= 0.3 is 0 Å². The van der Waals surface area contributed by atoms with E-state index in [2.05, 4.69) is 16.4 Å². The number of carbonyl (C=O) groups excluding carboxylic acids is 1. The summed E-state index contributed by atoms with van der Waals surface area (Å²) in [5.41, 5.74) is 3.25. The molecule has 22 heavy (non-hydrogen) atoms. The molecular weight excluding hydrogens is 278 g/mol. The smallest absolute Gasteiger partial charge is 0.228 e. The second kappa shape index (κ2) is 5.70. The minimum Gasteiger partial charge on any atom is -0.441 e. The Morgan fingerprint density at radius 2 is 2.14 bits per heavy atom. The Kier molecular flexibility index (Phi) is 3.58. The van der Waals surface area contributed by atoms with E-state index in [9.17, 15) is 4.79 Å². The van der Waals surface area contributed by atoms with Crippen molar-refractivity contribution in [3.8, 4) is 6.07 Å². The zero-order chi connectivity index (χ0) is 15.5. The quantitative estimate of drug-likeness (QED) is 0.803. The molecule has 0 fully saturated rings. The molecule has 0 radical (unpaired) electrons. The summed E-state index contributed by atoms with van der Waals surface area (Å²) in [6, 6.07) is 14.4. The van der Waals surface area contributed by atoms with Gasteiger partial charge in [0.2, 0.25) is 5.91 Å². The van der Waals surface area contributed by atoms with Crippen LogP contribution < -0.4 is 5.32 Å². The molecule has 0 unspecified atom stereocenters. The molecule has 0 aliphatic rings. The summed E-state index contributed by atoms with van der Waals surface area (Å²) in [5.74, 6) is 0.418. The lowest BCUT2D eigenvalue weighted by Gasteiger charge is -2.06. The second-order valence-electron chi connectivity index (χ2n) is 4.92. The minimum atomic E-state index is -0.178. The third-order valence-corrected chi connectivity index (χ3v) is 3.25. The summed E-state index contributed by atoms with van der Waals surface area (Å²) in [7, 11) is 0. The molecule has 1 heterocycles. The highest BCUT2D eigenvalue weighted by Gasteiger charge is 2.09. The van der Waals surface area contributed by atoms with E-state index in [-0.39, 0.29) is 12.3 Å². The zero-order valence-electron chi connectivity index (χ0n) is 12.0. The maximum absolute atomic E-state index is 12.1. The predicted octanol–water partition coefficient (Wildman–Crippen LogP) is 3.19. The number of hydrogen-bond acceptors (Lipinski definition) is 4. The monoisotopic (exact) mass is 291 g/mol. The number of rotatable bonds is 3. The summed E-state index contributed by atoms with van der Waals surface area (Å²) >= 11 is 0. The lowest BCUT2D eigenvalue weighted by molar-refractivity contribution is -0.115. The number of hydrogen-bond donors (Lipinski definition) is 1. The Labute approximate surface area is 127 Å². The van der Waals surface area contributed by atoms with E-state index in [1.54, 1.807) is 37.3 Å². The molecule has 5 nitrogen and oxygen atoms in total. The molecule has 1 amide bonds.